The van der Waals surface area contributed by atoms with Crippen molar-refractivity contribution in [3.05, 3.63) is 77.5 Å². The first-order chi connectivity index (χ1) is 14.7. The molecule has 0 spiro atoms. The molecule has 3 aromatic carbocycles. The highest BCUT2D eigenvalue weighted by Crippen LogP contribution is 2.48. The first-order valence-electron chi connectivity index (χ1n) is 11.4. The Morgan fingerprint density at radius 3 is 2.26 bits per heavy atom. The molecule has 1 heteroatoms. The van der Waals surface area contributed by atoms with Gasteiger partial charge in [-0.1, -0.05) is 82.6 Å². The zero-order chi connectivity index (χ0) is 21.9. The second-order valence-electron chi connectivity index (χ2n) is 10.6. The van der Waals surface area contributed by atoms with Gasteiger partial charge in [0.2, 0.25) is 0 Å². The largest absolute Gasteiger partial charge is 0.256 e. The lowest BCUT2D eigenvalue weighted by atomic mass is 9.82. The average Bonchev–Trinajstić information content (AvgIpc) is 2.81. The SMILES string of the molecule is Cc1ccc2c(c1)-c1cc(CC(C)C)ccc1-c1nccc3cc(C(C)(C)C)cc-2c13. The van der Waals surface area contributed by atoms with E-state index in [2.05, 4.69) is 96.1 Å². The molecule has 0 aliphatic heterocycles. The van der Waals surface area contributed by atoms with E-state index in [1.165, 1.54) is 55.3 Å². The van der Waals surface area contributed by atoms with Crippen LogP contribution < -0.4 is 0 Å². The van der Waals surface area contributed by atoms with Gasteiger partial charge in [0.15, 0.2) is 0 Å². The third kappa shape index (κ3) is 3.37. The first kappa shape index (κ1) is 20.0. The van der Waals surface area contributed by atoms with E-state index in [4.69, 9.17) is 4.98 Å². The fourth-order valence-corrected chi connectivity index (χ4v) is 4.90. The summed E-state index contributed by atoms with van der Waals surface area (Å²) < 4.78 is 0. The molecule has 0 saturated carbocycles. The number of pyridine rings is 1. The standard InChI is InChI=1S/C30H31N/c1-18(2)13-20-8-10-24-26(15-20)25-14-19(3)7-9-23(25)27-17-22(30(4,5)6)16-21-11-12-31-29(24)28(21)27/h7-12,14-18H,13H2,1-6H3. The lowest BCUT2D eigenvalue weighted by Gasteiger charge is -2.22. The maximum absolute atomic E-state index is 4.93. The highest BCUT2D eigenvalue weighted by molar-refractivity contribution is 6.12. The van der Waals surface area contributed by atoms with Gasteiger partial charge in [-0.2, -0.15) is 0 Å². The molecule has 1 nitrogen and oxygen atoms in total. The van der Waals surface area contributed by atoms with Crippen molar-refractivity contribution in [2.45, 2.75) is 53.4 Å². The van der Waals surface area contributed by atoms with Gasteiger partial charge in [0, 0.05) is 17.1 Å². The van der Waals surface area contributed by atoms with Crippen LogP contribution in [0.3, 0.4) is 0 Å². The van der Waals surface area contributed by atoms with E-state index in [-0.39, 0.29) is 5.41 Å². The summed E-state index contributed by atoms with van der Waals surface area (Å²) >= 11 is 0. The van der Waals surface area contributed by atoms with Gasteiger partial charge in [-0.05, 0) is 75.6 Å². The Balaban J connectivity index is 1.93. The molecular formula is C30H31N. The number of benzene rings is 3. The van der Waals surface area contributed by atoms with Crippen molar-refractivity contribution in [2.24, 2.45) is 5.92 Å². The third-order valence-corrected chi connectivity index (χ3v) is 6.47. The van der Waals surface area contributed by atoms with Crippen LogP contribution in [0.4, 0.5) is 0 Å². The minimum atomic E-state index is 0.0859. The van der Waals surface area contributed by atoms with E-state index in [1.807, 2.05) is 6.20 Å². The molecule has 31 heavy (non-hydrogen) atoms. The molecule has 0 radical (unpaired) electrons. The molecule has 4 aromatic rings. The van der Waals surface area contributed by atoms with E-state index in [0.717, 1.165) is 12.1 Å². The predicted molar refractivity (Wildman–Crippen MR) is 134 cm³/mol. The minimum Gasteiger partial charge on any atom is -0.256 e. The number of nitrogens with zero attached hydrogens (tertiary/aromatic N) is 1. The minimum absolute atomic E-state index is 0.0859. The summed E-state index contributed by atoms with van der Waals surface area (Å²) in [5.41, 5.74) is 11.7. The van der Waals surface area contributed by atoms with Crippen molar-refractivity contribution in [1.29, 1.82) is 0 Å². The molecule has 1 heterocycles. The third-order valence-electron chi connectivity index (χ3n) is 6.47. The Hall–Kier alpha value is -2.93. The van der Waals surface area contributed by atoms with Crippen molar-refractivity contribution < 1.29 is 0 Å². The number of hydrogen-bond acceptors (Lipinski definition) is 1. The summed E-state index contributed by atoms with van der Waals surface area (Å²) in [5.74, 6) is 0.633. The monoisotopic (exact) mass is 405 g/mol. The van der Waals surface area contributed by atoms with Gasteiger partial charge in [0.05, 0.1) is 5.69 Å². The topological polar surface area (TPSA) is 12.9 Å². The van der Waals surface area contributed by atoms with Crippen molar-refractivity contribution in [3.8, 4) is 33.5 Å². The van der Waals surface area contributed by atoms with Gasteiger partial charge in [0.1, 0.15) is 0 Å². The molecule has 0 atom stereocenters. The number of fused-ring (bicyclic) bond motifs is 5. The number of hydrogen-bond donors (Lipinski definition) is 0. The summed E-state index contributed by atoms with van der Waals surface area (Å²) in [6.07, 6.45) is 3.06. The fraction of sp³-hybridized carbons (Fsp3) is 0.300. The second-order valence-corrected chi connectivity index (χ2v) is 10.6. The number of aromatic nitrogens is 1. The Bertz CT molecular complexity index is 1320. The molecule has 0 saturated heterocycles. The maximum Gasteiger partial charge on any atom is 0.0792 e. The Kier molecular flexibility index (Phi) is 4.55. The molecule has 0 bridgehead atoms. The highest BCUT2D eigenvalue weighted by Gasteiger charge is 2.25. The second kappa shape index (κ2) is 7.05. The van der Waals surface area contributed by atoms with Crippen LogP contribution in [-0.2, 0) is 11.8 Å². The smallest absolute Gasteiger partial charge is 0.0792 e. The summed E-state index contributed by atoms with van der Waals surface area (Å²) in [4.78, 5) is 4.93. The molecule has 0 N–H and O–H groups in total. The lowest BCUT2D eigenvalue weighted by molar-refractivity contribution is 0.591. The van der Waals surface area contributed by atoms with Crippen molar-refractivity contribution in [2.75, 3.05) is 0 Å². The van der Waals surface area contributed by atoms with Crippen LogP contribution in [0.2, 0.25) is 0 Å². The lowest BCUT2D eigenvalue weighted by Crippen LogP contribution is -2.11. The van der Waals surface area contributed by atoms with Crippen LogP contribution in [0.25, 0.3) is 44.3 Å². The van der Waals surface area contributed by atoms with E-state index in [0.29, 0.717) is 5.92 Å². The zero-order valence-electron chi connectivity index (χ0n) is 19.5. The highest BCUT2D eigenvalue weighted by atomic mass is 14.7. The summed E-state index contributed by atoms with van der Waals surface area (Å²) in [5, 5.41) is 2.55. The van der Waals surface area contributed by atoms with Crippen LogP contribution >= 0.6 is 0 Å². The van der Waals surface area contributed by atoms with E-state index >= 15 is 0 Å². The van der Waals surface area contributed by atoms with Gasteiger partial charge >= 0.3 is 0 Å². The molecule has 0 fully saturated rings. The maximum atomic E-state index is 4.93. The molecule has 156 valence electrons. The quantitative estimate of drug-likeness (QED) is 0.287. The Morgan fingerprint density at radius 2 is 1.52 bits per heavy atom. The van der Waals surface area contributed by atoms with Crippen molar-refractivity contribution >= 4 is 10.8 Å². The van der Waals surface area contributed by atoms with Crippen LogP contribution in [0.1, 0.15) is 51.3 Å². The van der Waals surface area contributed by atoms with Crippen LogP contribution in [0, 0.1) is 12.8 Å². The van der Waals surface area contributed by atoms with Crippen molar-refractivity contribution in [1.82, 2.24) is 4.98 Å². The zero-order valence-corrected chi connectivity index (χ0v) is 19.5. The number of rotatable bonds is 2. The van der Waals surface area contributed by atoms with Crippen molar-refractivity contribution in [3.63, 3.8) is 0 Å². The Labute approximate surface area is 186 Å². The van der Waals surface area contributed by atoms with E-state index in [1.54, 1.807) is 0 Å². The summed E-state index contributed by atoms with van der Waals surface area (Å²) in [6, 6.07) is 20.8. The molecule has 1 aliphatic rings. The van der Waals surface area contributed by atoms with Gasteiger partial charge in [-0.15, -0.1) is 0 Å². The fourth-order valence-electron chi connectivity index (χ4n) is 4.90. The predicted octanol–water partition coefficient (Wildman–Crippen LogP) is 8.35. The van der Waals surface area contributed by atoms with Crippen LogP contribution in [0.5, 0.6) is 0 Å². The van der Waals surface area contributed by atoms with E-state index in [9.17, 15) is 0 Å². The van der Waals surface area contributed by atoms with Crippen LogP contribution in [0.15, 0.2) is 60.8 Å². The molecule has 5 rings (SSSR count). The number of aryl methyl sites for hydroxylation is 1. The van der Waals surface area contributed by atoms with Crippen LogP contribution in [-0.4, -0.2) is 4.98 Å². The normalized spacial score (nSPS) is 12.6. The molecule has 1 aromatic heterocycles. The summed E-state index contributed by atoms with van der Waals surface area (Å²) in [7, 11) is 0. The molecule has 1 aliphatic carbocycles. The molecule has 0 amide bonds. The Morgan fingerprint density at radius 1 is 0.774 bits per heavy atom. The van der Waals surface area contributed by atoms with Gasteiger partial charge in [0.25, 0.3) is 0 Å². The average molecular weight is 406 g/mol. The summed E-state index contributed by atoms with van der Waals surface area (Å²) in [6.45, 7) is 13.6. The first-order valence-corrected chi connectivity index (χ1v) is 11.4. The molecular weight excluding hydrogens is 374 g/mol. The van der Waals surface area contributed by atoms with Gasteiger partial charge in [-0.3, -0.25) is 4.98 Å². The van der Waals surface area contributed by atoms with E-state index < -0.39 is 0 Å². The van der Waals surface area contributed by atoms with Gasteiger partial charge in [-0.25, -0.2) is 0 Å². The van der Waals surface area contributed by atoms with Gasteiger partial charge < -0.3 is 0 Å². The molecule has 0 unspecified atom stereocenters.